The summed E-state index contributed by atoms with van der Waals surface area (Å²) in [6, 6.07) is 2.16. The molecule has 0 radical (unpaired) electrons. The SMILES string of the molecule is NNc1nc(N(CCO)C2CC2)nc(-n2cccn2)n1. The largest absolute Gasteiger partial charge is 0.395 e. The molecule has 2 aromatic heterocycles. The van der Waals surface area contributed by atoms with E-state index in [4.69, 9.17) is 5.84 Å². The number of aliphatic hydroxyl groups is 1. The number of hydrazine groups is 1. The van der Waals surface area contributed by atoms with E-state index in [9.17, 15) is 5.11 Å². The average molecular weight is 276 g/mol. The molecule has 0 aromatic carbocycles. The Balaban J connectivity index is 1.98. The lowest BCUT2D eigenvalue weighted by Gasteiger charge is -2.21. The Morgan fingerprint density at radius 3 is 2.85 bits per heavy atom. The van der Waals surface area contributed by atoms with Gasteiger partial charge < -0.3 is 10.0 Å². The second-order valence-electron chi connectivity index (χ2n) is 4.50. The van der Waals surface area contributed by atoms with Crippen molar-refractivity contribution in [2.45, 2.75) is 18.9 Å². The Labute approximate surface area is 115 Å². The van der Waals surface area contributed by atoms with E-state index in [-0.39, 0.29) is 12.6 Å². The first kappa shape index (κ1) is 12.8. The van der Waals surface area contributed by atoms with Crippen molar-refractivity contribution in [3.8, 4) is 5.95 Å². The molecular formula is C11H16N8O. The number of hydrogen-bond donors (Lipinski definition) is 3. The highest BCUT2D eigenvalue weighted by molar-refractivity contribution is 5.41. The molecule has 0 unspecified atom stereocenters. The lowest BCUT2D eigenvalue weighted by Crippen LogP contribution is -2.31. The molecule has 9 nitrogen and oxygen atoms in total. The van der Waals surface area contributed by atoms with Gasteiger partial charge in [-0.15, -0.1) is 0 Å². The first-order valence-electron chi connectivity index (χ1n) is 6.42. The van der Waals surface area contributed by atoms with Crippen molar-refractivity contribution in [3.63, 3.8) is 0 Å². The fourth-order valence-corrected chi connectivity index (χ4v) is 1.98. The van der Waals surface area contributed by atoms with Gasteiger partial charge in [0.1, 0.15) is 0 Å². The van der Waals surface area contributed by atoms with E-state index in [1.807, 2.05) is 4.90 Å². The van der Waals surface area contributed by atoms with Crippen LogP contribution < -0.4 is 16.2 Å². The zero-order chi connectivity index (χ0) is 13.9. The Kier molecular flexibility index (Phi) is 3.44. The van der Waals surface area contributed by atoms with E-state index in [1.165, 1.54) is 4.68 Å². The van der Waals surface area contributed by atoms with Crippen LogP contribution in [0.5, 0.6) is 0 Å². The van der Waals surface area contributed by atoms with Crippen molar-refractivity contribution in [1.29, 1.82) is 0 Å². The van der Waals surface area contributed by atoms with Crippen LogP contribution in [0.4, 0.5) is 11.9 Å². The molecule has 9 heteroatoms. The number of hydrogen-bond acceptors (Lipinski definition) is 8. The van der Waals surface area contributed by atoms with Crippen molar-refractivity contribution in [1.82, 2.24) is 24.7 Å². The molecule has 2 heterocycles. The highest BCUT2D eigenvalue weighted by Gasteiger charge is 2.31. The molecule has 0 spiro atoms. The van der Waals surface area contributed by atoms with E-state index < -0.39 is 0 Å². The van der Waals surface area contributed by atoms with Gasteiger partial charge >= 0.3 is 0 Å². The summed E-state index contributed by atoms with van der Waals surface area (Å²) in [5.74, 6) is 6.56. The van der Waals surface area contributed by atoms with Crippen molar-refractivity contribution < 1.29 is 5.11 Å². The molecule has 0 atom stereocenters. The van der Waals surface area contributed by atoms with Crippen LogP contribution in [-0.4, -0.2) is 49.0 Å². The molecule has 0 saturated heterocycles. The number of aliphatic hydroxyl groups excluding tert-OH is 1. The van der Waals surface area contributed by atoms with Gasteiger partial charge in [0, 0.05) is 25.0 Å². The van der Waals surface area contributed by atoms with Crippen LogP contribution in [0.15, 0.2) is 18.5 Å². The van der Waals surface area contributed by atoms with Crippen molar-refractivity contribution in [3.05, 3.63) is 18.5 Å². The summed E-state index contributed by atoms with van der Waals surface area (Å²) in [6.07, 6.45) is 5.54. The van der Waals surface area contributed by atoms with Gasteiger partial charge in [-0.1, -0.05) is 0 Å². The monoisotopic (exact) mass is 276 g/mol. The second-order valence-corrected chi connectivity index (χ2v) is 4.50. The summed E-state index contributed by atoms with van der Waals surface area (Å²) in [6.45, 7) is 0.530. The van der Waals surface area contributed by atoms with Crippen molar-refractivity contribution in [2.24, 2.45) is 5.84 Å². The minimum atomic E-state index is 0.0463. The van der Waals surface area contributed by atoms with E-state index in [0.29, 0.717) is 24.5 Å². The average Bonchev–Trinajstić information content (AvgIpc) is 3.17. The Morgan fingerprint density at radius 2 is 2.25 bits per heavy atom. The molecule has 0 aliphatic heterocycles. The van der Waals surface area contributed by atoms with Crippen LogP contribution in [-0.2, 0) is 0 Å². The molecule has 4 N–H and O–H groups in total. The maximum atomic E-state index is 9.18. The molecular weight excluding hydrogens is 260 g/mol. The van der Waals surface area contributed by atoms with Gasteiger partial charge in [0.2, 0.25) is 11.9 Å². The van der Waals surface area contributed by atoms with Crippen LogP contribution in [0.25, 0.3) is 5.95 Å². The molecule has 0 bridgehead atoms. The number of nitrogens with one attached hydrogen (secondary N) is 1. The number of anilines is 2. The number of nitrogens with two attached hydrogens (primary N) is 1. The smallest absolute Gasteiger partial charge is 0.257 e. The fourth-order valence-electron chi connectivity index (χ4n) is 1.98. The number of nitrogen functional groups attached to an aromatic ring is 1. The highest BCUT2D eigenvalue weighted by Crippen LogP contribution is 2.29. The van der Waals surface area contributed by atoms with Gasteiger partial charge in [-0.3, -0.25) is 5.43 Å². The molecule has 1 saturated carbocycles. The first-order valence-corrected chi connectivity index (χ1v) is 6.42. The minimum absolute atomic E-state index is 0.0463. The molecule has 2 aromatic rings. The van der Waals surface area contributed by atoms with Crippen LogP contribution in [0.3, 0.4) is 0 Å². The number of rotatable bonds is 6. The summed E-state index contributed by atoms with van der Waals surface area (Å²) in [5, 5.41) is 13.3. The summed E-state index contributed by atoms with van der Waals surface area (Å²) in [5.41, 5.74) is 2.43. The maximum absolute atomic E-state index is 9.18. The molecule has 3 rings (SSSR count). The summed E-state index contributed by atoms with van der Waals surface area (Å²) < 4.78 is 1.54. The minimum Gasteiger partial charge on any atom is -0.395 e. The fraction of sp³-hybridized carbons (Fsp3) is 0.455. The van der Waals surface area contributed by atoms with E-state index in [0.717, 1.165) is 12.8 Å². The van der Waals surface area contributed by atoms with Crippen molar-refractivity contribution >= 4 is 11.9 Å². The first-order chi connectivity index (χ1) is 9.81. The summed E-state index contributed by atoms with van der Waals surface area (Å²) >= 11 is 0. The molecule has 20 heavy (non-hydrogen) atoms. The zero-order valence-corrected chi connectivity index (χ0v) is 10.8. The Hall–Kier alpha value is -2.26. The zero-order valence-electron chi connectivity index (χ0n) is 10.8. The van der Waals surface area contributed by atoms with Gasteiger partial charge in [-0.05, 0) is 18.9 Å². The normalized spacial score (nSPS) is 14.3. The van der Waals surface area contributed by atoms with Gasteiger partial charge in [-0.25, -0.2) is 10.5 Å². The number of aromatic nitrogens is 5. The maximum Gasteiger partial charge on any atom is 0.257 e. The van der Waals surface area contributed by atoms with Crippen LogP contribution >= 0.6 is 0 Å². The standard InChI is InChI=1S/C11H16N8O/c12-17-9-14-10(18(6-7-20)8-2-3-8)16-11(15-9)19-5-1-4-13-19/h1,4-5,8,20H,2-3,6-7,12H2,(H,14,15,16,17). The lowest BCUT2D eigenvalue weighted by molar-refractivity contribution is 0.300. The van der Waals surface area contributed by atoms with Gasteiger partial charge in [0.25, 0.3) is 5.95 Å². The molecule has 106 valence electrons. The third-order valence-electron chi connectivity index (χ3n) is 3.04. The number of nitrogens with zero attached hydrogens (tertiary/aromatic N) is 6. The Morgan fingerprint density at radius 1 is 1.40 bits per heavy atom. The molecule has 0 amide bonds. The van der Waals surface area contributed by atoms with Crippen LogP contribution in [0.2, 0.25) is 0 Å². The van der Waals surface area contributed by atoms with Gasteiger partial charge in [0.05, 0.1) is 6.61 Å². The molecule has 1 aliphatic rings. The second kappa shape index (κ2) is 5.39. The van der Waals surface area contributed by atoms with Crippen molar-refractivity contribution in [2.75, 3.05) is 23.5 Å². The van der Waals surface area contributed by atoms with E-state index >= 15 is 0 Å². The topological polar surface area (TPSA) is 118 Å². The Bertz CT molecular complexity index is 568. The van der Waals surface area contributed by atoms with Gasteiger partial charge in [-0.2, -0.15) is 20.1 Å². The predicted octanol–water partition coefficient (Wildman–Crippen LogP) is -0.696. The van der Waals surface area contributed by atoms with E-state index in [1.54, 1.807) is 18.5 Å². The summed E-state index contributed by atoms with van der Waals surface area (Å²) in [4.78, 5) is 14.8. The summed E-state index contributed by atoms with van der Waals surface area (Å²) in [7, 11) is 0. The highest BCUT2D eigenvalue weighted by atomic mass is 16.3. The lowest BCUT2D eigenvalue weighted by atomic mass is 10.5. The molecule has 1 aliphatic carbocycles. The quantitative estimate of drug-likeness (QED) is 0.468. The predicted molar refractivity (Wildman–Crippen MR) is 72.2 cm³/mol. The molecule has 1 fully saturated rings. The van der Waals surface area contributed by atoms with Crippen LogP contribution in [0, 0.1) is 0 Å². The van der Waals surface area contributed by atoms with Gasteiger partial charge in [0.15, 0.2) is 0 Å². The van der Waals surface area contributed by atoms with E-state index in [2.05, 4.69) is 25.5 Å². The third-order valence-corrected chi connectivity index (χ3v) is 3.04. The van der Waals surface area contributed by atoms with Crippen LogP contribution in [0.1, 0.15) is 12.8 Å². The third kappa shape index (κ3) is 2.53.